The first-order chi connectivity index (χ1) is 20.6. The molecule has 4 rings (SSSR count). The number of nitrogens with one attached hydrogen (secondary N) is 2. The van der Waals surface area contributed by atoms with E-state index >= 15 is 0 Å². The van der Waals surface area contributed by atoms with Crippen molar-refractivity contribution in [3.05, 3.63) is 47.5 Å². The van der Waals surface area contributed by atoms with Crippen LogP contribution in [0, 0.1) is 0 Å². The standard InChI is InChI=1S/C11H11F2N3O4S2.C9H8F2N2O4S.C2H3NS/c1-14-11(21)16(2)9-8-6(19-10(12)13)4-3-5-7(8)20-22(17,18)15-9;1-12-8-7-5(16-9(10)11)3-2-4-6(7)17-18(14,15)13-8;1-3-2-4/h3-5,10H,1-2H3,(H,14,21);2-4,9H,1H3,(H,12,13);1H3. The third-order valence-electron chi connectivity index (χ3n) is 4.83. The highest BCUT2D eigenvalue weighted by Gasteiger charge is 2.33. The van der Waals surface area contributed by atoms with Gasteiger partial charge in [-0.1, -0.05) is 12.1 Å². The second-order valence-electron chi connectivity index (χ2n) is 7.58. The number of fused-ring (bicyclic) bond motifs is 2. The Morgan fingerprint density at radius 3 is 1.95 bits per heavy atom. The van der Waals surface area contributed by atoms with E-state index in [4.69, 9.17) is 16.4 Å². The monoisotopic (exact) mass is 702 g/mol. The number of ether oxygens (including phenoxy) is 2. The molecule has 0 unspecified atom stereocenters. The van der Waals surface area contributed by atoms with Gasteiger partial charge < -0.3 is 28.1 Å². The Hall–Kier alpha value is -4.11. The number of aliphatic imine (C=N–C) groups is 2. The van der Waals surface area contributed by atoms with Crippen LogP contribution in [-0.2, 0) is 20.6 Å². The van der Waals surface area contributed by atoms with Gasteiger partial charge in [-0.05, 0) is 48.7 Å². The number of hydrogen-bond acceptors (Lipinski definition) is 12. The highest BCUT2D eigenvalue weighted by Crippen LogP contribution is 2.36. The minimum atomic E-state index is -4.26. The normalized spacial score (nSPS) is 15.9. The lowest BCUT2D eigenvalue weighted by atomic mass is 10.1. The summed E-state index contributed by atoms with van der Waals surface area (Å²) >= 11 is 9.14. The van der Waals surface area contributed by atoms with E-state index in [0.29, 0.717) is 0 Å². The molecule has 22 heteroatoms. The number of hydrogen-bond donors (Lipinski definition) is 2. The van der Waals surface area contributed by atoms with Crippen molar-refractivity contribution in [1.82, 2.24) is 14.9 Å². The second-order valence-corrected chi connectivity index (χ2v) is 10.6. The summed E-state index contributed by atoms with van der Waals surface area (Å²) < 4.78 is 119. The molecule has 2 aliphatic heterocycles. The first kappa shape index (κ1) is 36.1. The molecular weight excluding hydrogens is 681 g/mol. The van der Waals surface area contributed by atoms with Crippen molar-refractivity contribution in [3.63, 3.8) is 0 Å². The lowest BCUT2D eigenvalue weighted by Crippen LogP contribution is -2.41. The van der Waals surface area contributed by atoms with Crippen LogP contribution in [-0.4, -0.2) is 85.1 Å². The van der Waals surface area contributed by atoms with Crippen LogP contribution in [0.1, 0.15) is 11.1 Å². The van der Waals surface area contributed by atoms with Gasteiger partial charge in [-0.25, -0.2) is 9.71 Å². The van der Waals surface area contributed by atoms with Crippen LogP contribution < -0.4 is 27.9 Å². The highest BCUT2D eigenvalue weighted by atomic mass is 32.2. The fourth-order valence-corrected chi connectivity index (χ4v) is 5.01. The van der Waals surface area contributed by atoms with Gasteiger partial charge in [0.05, 0.1) is 5.16 Å². The van der Waals surface area contributed by atoms with E-state index in [1.807, 2.05) is 4.72 Å². The number of alkyl halides is 4. The average molecular weight is 703 g/mol. The number of benzene rings is 2. The fraction of sp³-hybridized carbons (Fsp3) is 0.273. The maximum absolute atomic E-state index is 12.5. The van der Waals surface area contributed by atoms with E-state index in [2.05, 4.69) is 50.7 Å². The molecule has 0 atom stereocenters. The summed E-state index contributed by atoms with van der Waals surface area (Å²) in [6.07, 6.45) is 0. The molecule has 0 spiro atoms. The number of amidine groups is 2. The maximum atomic E-state index is 12.5. The van der Waals surface area contributed by atoms with Gasteiger partial charge in [0.2, 0.25) is 0 Å². The number of halogens is 4. The van der Waals surface area contributed by atoms with E-state index in [-0.39, 0.29) is 50.9 Å². The predicted octanol–water partition coefficient (Wildman–Crippen LogP) is 2.72. The van der Waals surface area contributed by atoms with Crippen LogP contribution in [0.4, 0.5) is 17.6 Å². The minimum Gasteiger partial charge on any atom is -0.434 e. The molecule has 240 valence electrons. The number of rotatable bonds is 4. The van der Waals surface area contributed by atoms with Gasteiger partial charge in [0, 0.05) is 28.2 Å². The van der Waals surface area contributed by atoms with Crippen molar-refractivity contribution < 1.29 is 52.2 Å². The SMILES string of the molecule is CN=C1NS(=O)(=O)Oc2cccc(OC(F)F)c21.CN=C=S.CNC(=S)N(C)C1=NS(=O)(=O)Oc2cccc(OC(F)F)c21. The minimum absolute atomic E-state index is 0.0299. The predicted molar refractivity (Wildman–Crippen MR) is 158 cm³/mol. The smallest absolute Gasteiger partial charge is 0.430 e. The molecule has 0 bridgehead atoms. The highest BCUT2D eigenvalue weighted by molar-refractivity contribution is 7.86. The van der Waals surface area contributed by atoms with Gasteiger partial charge in [0.15, 0.2) is 28.3 Å². The summed E-state index contributed by atoms with van der Waals surface area (Å²) in [6, 6.07) is 7.79. The van der Waals surface area contributed by atoms with Gasteiger partial charge in [0.1, 0.15) is 22.6 Å². The molecular formula is C22H22F4N6O8S4. The summed E-state index contributed by atoms with van der Waals surface area (Å²) in [7, 11) is -2.43. The van der Waals surface area contributed by atoms with Crippen LogP contribution in [0.15, 0.2) is 50.8 Å². The lowest BCUT2D eigenvalue weighted by Gasteiger charge is -2.26. The molecule has 0 aromatic heterocycles. The largest absolute Gasteiger partial charge is 0.434 e. The molecule has 0 amide bonds. The van der Waals surface area contributed by atoms with Gasteiger partial charge >= 0.3 is 33.8 Å². The van der Waals surface area contributed by atoms with Crippen LogP contribution in [0.25, 0.3) is 0 Å². The Kier molecular flexibility index (Phi) is 12.8. The van der Waals surface area contributed by atoms with Crippen LogP contribution in [0.3, 0.4) is 0 Å². The summed E-state index contributed by atoms with van der Waals surface area (Å²) in [5.74, 6) is -1.08. The summed E-state index contributed by atoms with van der Waals surface area (Å²) in [4.78, 5) is 8.19. The van der Waals surface area contributed by atoms with E-state index in [1.165, 1.54) is 62.4 Å². The zero-order chi connectivity index (χ0) is 33.2. The average Bonchev–Trinajstić information content (AvgIpc) is 2.94. The Morgan fingerprint density at radius 1 is 1.00 bits per heavy atom. The third kappa shape index (κ3) is 9.71. The number of thiocarbonyl (C=S) groups is 2. The van der Waals surface area contributed by atoms with E-state index in [0.717, 1.165) is 0 Å². The molecule has 2 aromatic rings. The van der Waals surface area contributed by atoms with Crippen LogP contribution in [0.5, 0.6) is 23.0 Å². The Balaban J connectivity index is 0.000000278. The first-order valence-electron chi connectivity index (χ1n) is 11.4. The van der Waals surface area contributed by atoms with E-state index < -0.39 is 33.8 Å². The van der Waals surface area contributed by atoms with Gasteiger partial charge in [0.25, 0.3) is 0 Å². The van der Waals surface area contributed by atoms with Crippen LogP contribution in [0.2, 0.25) is 0 Å². The molecule has 0 saturated carbocycles. The van der Waals surface area contributed by atoms with E-state index in [1.54, 1.807) is 7.05 Å². The lowest BCUT2D eigenvalue weighted by molar-refractivity contribution is -0.0507. The van der Waals surface area contributed by atoms with Crippen molar-refractivity contribution in [2.24, 2.45) is 14.4 Å². The van der Waals surface area contributed by atoms with Gasteiger partial charge in [-0.15, -0.1) is 4.40 Å². The molecule has 2 aromatic carbocycles. The Morgan fingerprint density at radius 2 is 1.50 bits per heavy atom. The second kappa shape index (κ2) is 15.6. The molecule has 0 aliphatic carbocycles. The van der Waals surface area contributed by atoms with Crippen molar-refractivity contribution in [1.29, 1.82) is 0 Å². The fourth-order valence-electron chi connectivity index (χ4n) is 3.25. The molecule has 0 fully saturated rings. The number of isothiocyanates is 1. The zero-order valence-corrected chi connectivity index (χ0v) is 26.1. The van der Waals surface area contributed by atoms with Gasteiger partial charge in [-0.2, -0.15) is 34.4 Å². The first-order valence-corrected chi connectivity index (χ1v) is 15.0. The Bertz CT molecular complexity index is 1700. The summed E-state index contributed by atoms with van der Waals surface area (Å²) in [5.41, 5.74) is 0.00727. The summed E-state index contributed by atoms with van der Waals surface area (Å²) in [6.45, 7) is -6.12. The third-order valence-corrected chi connectivity index (χ3v) is 7.12. The zero-order valence-electron chi connectivity index (χ0n) is 22.8. The maximum Gasteiger partial charge on any atom is 0.430 e. The Labute approximate surface area is 259 Å². The van der Waals surface area contributed by atoms with Crippen molar-refractivity contribution in [3.8, 4) is 23.0 Å². The quantitative estimate of drug-likeness (QED) is 0.272. The van der Waals surface area contributed by atoms with Crippen LogP contribution >= 0.6 is 24.4 Å². The van der Waals surface area contributed by atoms with Crippen molar-refractivity contribution >= 4 is 67.0 Å². The van der Waals surface area contributed by atoms with Crippen molar-refractivity contribution in [2.45, 2.75) is 13.2 Å². The molecule has 2 N–H and O–H groups in total. The van der Waals surface area contributed by atoms with Gasteiger partial charge in [-0.3, -0.25) is 4.99 Å². The van der Waals surface area contributed by atoms with E-state index in [9.17, 15) is 34.4 Å². The molecule has 2 aliphatic rings. The molecule has 14 nitrogen and oxygen atoms in total. The topological polar surface area (TPSA) is 170 Å². The molecule has 0 saturated heterocycles. The number of nitrogens with zero attached hydrogens (tertiary/aromatic N) is 4. The molecule has 0 radical (unpaired) electrons. The summed E-state index contributed by atoms with van der Waals surface area (Å²) in [5, 5.41) is 4.90. The molecule has 44 heavy (non-hydrogen) atoms. The molecule has 2 heterocycles. The van der Waals surface area contributed by atoms with Crippen molar-refractivity contribution in [2.75, 3.05) is 28.2 Å².